The summed E-state index contributed by atoms with van der Waals surface area (Å²) in [4.78, 5) is 25.0. The normalized spacial score (nSPS) is 20.6. The summed E-state index contributed by atoms with van der Waals surface area (Å²) in [6.45, 7) is 4.05. The van der Waals surface area contributed by atoms with Crippen molar-refractivity contribution in [2.75, 3.05) is 6.61 Å². The first kappa shape index (κ1) is 20.9. The molecule has 0 aliphatic heterocycles. The minimum atomic E-state index is -0.392. The zero-order chi connectivity index (χ0) is 22.4. The summed E-state index contributed by atoms with van der Waals surface area (Å²) >= 11 is 0. The Hall–Kier alpha value is -3.00. The Morgan fingerprint density at radius 2 is 2.06 bits per heavy atom. The van der Waals surface area contributed by atoms with Crippen molar-refractivity contribution < 1.29 is 19.0 Å². The van der Waals surface area contributed by atoms with Crippen molar-refractivity contribution >= 4 is 16.9 Å². The highest BCUT2D eigenvalue weighted by atomic mass is 19.1. The lowest BCUT2D eigenvalue weighted by molar-refractivity contribution is 0.0935. The summed E-state index contributed by atoms with van der Waals surface area (Å²) in [6, 6.07) is 3.41. The fourth-order valence-electron chi connectivity index (χ4n) is 4.43. The van der Waals surface area contributed by atoms with Crippen LogP contribution in [0.1, 0.15) is 53.7 Å². The smallest absolute Gasteiger partial charge is 0.255 e. The Labute approximate surface area is 185 Å². The minimum absolute atomic E-state index is 0.0696. The lowest BCUT2D eigenvalue weighted by Gasteiger charge is -2.14. The zero-order valence-corrected chi connectivity index (χ0v) is 18.2. The van der Waals surface area contributed by atoms with E-state index in [1.165, 1.54) is 6.33 Å². The van der Waals surface area contributed by atoms with E-state index in [9.17, 15) is 9.90 Å². The van der Waals surface area contributed by atoms with E-state index in [4.69, 9.17) is 4.74 Å². The van der Waals surface area contributed by atoms with Crippen LogP contribution in [-0.2, 0) is 0 Å². The van der Waals surface area contributed by atoms with Crippen LogP contribution in [0.4, 0.5) is 4.39 Å². The van der Waals surface area contributed by atoms with Crippen LogP contribution in [-0.4, -0.2) is 44.7 Å². The van der Waals surface area contributed by atoms with Crippen LogP contribution in [0.3, 0.4) is 0 Å². The third-order valence-corrected chi connectivity index (χ3v) is 6.44. The molecule has 0 spiro atoms. The number of aromatic nitrogens is 3. The van der Waals surface area contributed by atoms with Gasteiger partial charge in [-0.15, -0.1) is 0 Å². The van der Waals surface area contributed by atoms with E-state index in [1.807, 2.05) is 0 Å². The Bertz CT molecular complexity index is 1190. The number of ether oxygens (including phenoxy) is 1. The molecule has 8 heteroatoms. The van der Waals surface area contributed by atoms with Crippen LogP contribution in [0.5, 0.6) is 5.75 Å². The Morgan fingerprint density at radius 1 is 1.25 bits per heavy atom. The zero-order valence-electron chi connectivity index (χ0n) is 18.2. The number of carbonyl (C=O) groups excluding carboxylic acids is 1. The molecule has 2 heterocycles. The Kier molecular flexibility index (Phi) is 5.33. The van der Waals surface area contributed by atoms with E-state index in [0.29, 0.717) is 64.7 Å². The van der Waals surface area contributed by atoms with Gasteiger partial charge in [0.25, 0.3) is 5.91 Å². The van der Waals surface area contributed by atoms with Crippen LogP contribution in [0.25, 0.3) is 22.3 Å². The number of benzene rings is 1. The van der Waals surface area contributed by atoms with Gasteiger partial charge in [0.15, 0.2) is 0 Å². The molecule has 168 valence electrons. The van der Waals surface area contributed by atoms with E-state index >= 15 is 4.39 Å². The summed E-state index contributed by atoms with van der Waals surface area (Å²) in [5.74, 6) is 0.317. The van der Waals surface area contributed by atoms with Gasteiger partial charge in [-0.2, -0.15) is 0 Å². The Morgan fingerprint density at radius 3 is 2.78 bits per heavy atom. The SMILES string of the molecule is Cc1ccc(OCC2CC2)c(-c2ncnc3c(C(=O)N[C@@H]4CC[C@@H](O)C4)c(C)[nH]c23)c1F. The van der Waals surface area contributed by atoms with Crippen molar-refractivity contribution in [2.24, 2.45) is 5.92 Å². The summed E-state index contributed by atoms with van der Waals surface area (Å²) < 4.78 is 21.3. The van der Waals surface area contributed by atoms with Gasteiger partial charge in [0.2, 0.25) is 0 Å². The van der Waals surface area contributed by atoms with Gasteiger partial charge in [0.05, 0.1) is 29.4 Å². The van der Waals surface area contributed by atoms with Gasteiger partial charge in [0.1, 0.15) is 29.1 Å². The molecule has 0 unspecified atom stereocenters. The van der Waals surface area contributed by atoms with E-state index in [1.54, 1.807) is 26.0 Å². The topological polar surface area (TPSA) is 100 Å². The average Bonchev–Trinajstić information content (AvgIpc) is 3.40. The van der Waals surface area contributed by atoms with E-state index in [-0.39, 0.29) is 23.6 Å². The number of hydrogen-bond donors (Lipinski definition) is 3. The molecule has 2 fully saturated rings. The minimum Gasteiger partial charge on any atom is -0.492 e. The maximum absolute atomic E-state index is 15.3. The molecule has 5 rings (SSSR count). The highest BCUT2D eigenvalue weighted by Gasteiger charge is 2.29. The number of hydrogen-bond acceptors (Lipinski definition) is 5. The number of amides is 1. The molecule has 7 nitrogen and oxygen atoms in total. The second-order valence-electron chi connectivity index (χ2n) is 9.03. The molecule has 2 aromatic heterocycles. The first-order chi connectivity index (χ1) is 15.4. The molecule has 0 saturated heterocycles. The maximum atomic E-state index is 15.3. The number of carbonyl (C=O) groups is 1. The second kappa shape index (κ2) is 8.16. The van der Waals surface area contributed by atoms with Gasteiger partial charge in [-0.1, -0.05) is 6.07 Å². The quantitative estimate of drug-likeness (QED) is 0.543. The van der Waals surface area contributed by atoms with Crippen LogP contribution in [0.2, 0.25) is 0 Å². The maximum Gasteiger partial charge on any atom is 0.255 e. The molecule has 32 heavy (non-hydrogen) atoms. The third kappa shape index (κ3) is 3.83. The van der Waals surface area contributed by atoms with Gasteiger partial charge in [-0.05, 0) is 63.5 Å². The number of aliphatic hydroxyl groups excluding tert-OH is 1. The predicted octanol–water partition coefficient (Wildman–Crippen LogP) is 3.81. The molecule has 0 bridgehead atoms. The number of nitrogens with zero attached hydrogens (tertiary/aromatic N) is 2. The molecular formula is C24H27FN4O3. The second-order valence-corrected chi connectivity index (χ2v) is 9.03. The van der Waals surface area contributed by atoms with E-state index in [2.05, 4.69) is 20.3 Å². The number of rotatable bonds is 6. The fourth-order valence-corrected chi connectivity index (χ4v) is 4.43. The summed E-state index contributed by atoms with van der Waals surface area (Å²) in [7, 11) is 0. The van der Waals surface area contributed by atoms with Crippen molar-refractivity contribution in [1.82, 2.24) is 20.3 Å². The molecule has 2 atom stereocenters. The van der Waals surface area contributed by atoms with Gasteiger partial charge in [-0.3, -0.25) is 4.79 Å². The first-order valence-corrected chi connectivity index (χ1v) is 11.2. The summed E-state index contributed by atoms with van der Waals surface area (Å²) in [5.41, 5.74) is 3.14. The lowest BCUT2D eigenvalue weighted by atomic mass is 10.0. The molecule has 3 N–H and O–H groups in total. The van der Waals surface area contributed by atoms with Gasteiger partial charge < -0.3 is 20.1 Å². The van der Waals surface area contributed by atoms with Crippen molar-refractivity contribution in [3.8, 4) is 17.0 Å². The number of aromatic amines is 1. The monoisotopic (exact) mass is 438 g/mol. The Balaban J connectivity index is 1.56. The molecule has 2 aliphatic carbocycles. The number of fused-ring (bicyclic) bond motifs is 1. The third-order valence-electron chi connectivity index (χ3n) is 6.44. The summed E-state index contributed by atoms with van der Waals surface area (Å²) in [5, 5.41) is 12.8. The lowest BCUT2D eigenvalue weighted by Crippen LogP contribution is -2.33. The summed E-state index contributed by atoms with van der Waals surface area (Å²) in [6.07, 6.45) is 5.21. The molecule has 0 radical (unpaired) electrons. The first-order valence-electron chi connectivity index (χ1n) is 11.2. The average molecular weight is 439 g/mol. The molecule has 3 aromatic rings. The molecule has 2 saturated carbocycles. The number of aliphatic hydroxyl groups is 1. The highest BCUT2D eigenvalue weighted by Crippen LogP contribution is 2.39. The van der Waals surface area contributed by atoms with E-state index in [0.717, 1.165) is 19.3 Å². The van der Waals surface area contributed by atoms with E-state index < -0.39 is 5.82 Å². The predicted molar refractivity (Wildman–Crippen MR) is 118 cm³/mol. The van der Waals surface area contributed by atoms with Crippen LogP contribution >= 0.6 is 0 Å². The molecular weight excluding hydrogens is 411 g/mol. The van der Waals surface area contributed by atoms with Gasteiger partial charge in [0, 0.05) is 11.7 Å². The van der Waals surface area contributed by atoms with Crippen molar-refractivity contribution in [2.45, 2.75) is 58.1 Å². The highest BCUT2D eigenvalue weighted by molar-refractivity contribution is 6.09. The van der Waals surface area contributed by atoms with Crippen molar-refractivity contribution in [1.29, 1.82) is 0 Å². The number of aryl methyl sites for hydroxylation is 2. The number of halogens is 1. The van der Waals surface area contributed by atoms with Crippen LogP contribution in [0, 0.1) is 25.6 Å². The van der Waals surface area contributed by atoms with Gasteiger partial charge in [-0.25, -0.2) is 14.4 Å². The van der Waals surface area contributed by atoms with Crippen LogP contribution < -0.4 is 10.1 Å². The largest absolute Gasteiger partial charge is 0.492 e. The molecule has 1 amide bonds. The number of H-pyrrole nitrogens is 1. The number of nitrogens with one attached hydrogen (secondary N) is 2. The van der Waals surface area contributed by atoms with Crippen molar-refractivity contribution in [3.63, 3.8) is 0 Å². The molecule has 2 aliphatic rings. The van der Waals surface area contributed by atoms with Crippen molar-refractivity contribution in [3.05, 3.63) is 41.1 Å². The molecule has 1 aromatic carbocycles. The van der Waals surface area contributed by atoms with Gasteiger partial charge >= 0.3 is 0 Å². The van der Waals surface area contributed by atoms with Crippen LogP contribution in [0.15, 0.2) is 18.5 Å². The fraction of sp³-hybridized carbons (Fsp3) is 0.458. The standard InChI is InChI=1S/C24H27FN4O3/c1-12-3-8-17(32-10-14-4-5-14)19(20(12)25)22-23-21(26-11-27-22)18(13(2)28-23)24(31)29-15-6-7-16(30)9-15/h3,8,11,14-16,28,30H,4-7,9-10H2,1-2H3,(H,29,31)/t15-,16-/m1/s1.